The first kappa shape index (κ1) is 19.2. The molecule has 26 heavy (non-hydrogen) atoms. The molecule has 138 valence electrons. The fourth-order valence-corrected chi connectivity index (χ4v) is 3.12. The van der Waals surface area contributed by atoms with Crippen molar-refractivity contribution in [2.45, 2.75) is 0 Å². The maximum absolute atomic E-state index is 12.9. The molecule has 0 aliphatic carbocycles. The lowest BCUT2D eigenvalue weighted by Crippen LogP contribution is -2.23. The first-order valence-electron chi connectivity index (χ1n) is 7.27. The van der Waals surface area contributed by atoms with Crippen LogP contribution in [0.4, 0.5) is 10.5 Å². The molecular formula is C15H15N2O8P. The van der Waals surface area contributed by atoms with Crippen LogP contribution in [0.2, 0.25) is 0 Å². The number of hydrogen-bond acceptors (Lipinski definition) is 7. The van der Waals surface area contributed by atoms with E-state index in [1.807, 2.05) is 0 Å². The molecule has 0 bridgehead atoms. The first-order chi connectivity index (χ1) is 12.4. The highest BCUT2D eigenvalue weighted by molar-refractivity contribution is 7.52. The fourth-order valence-electron chi connectivity index (χ4n) is 1.79. The monoisotopic (exact) mass is 382 g/mol. The maximum Gasteiger partial charge on any atom is 0.513 e. The zero-order chi connectivity index (χ0) is 19.0. The number of nitro groups is 1. The van der Waals surface area contributed by atoms with Gasteiger partial charge in [0.15, 0.2) is 0 Å². The predicted molar refractivity (Wildman–Crippen MR) is 90.4 cm³/mol. The molecule has 0 spiro atoms. The zero-order valence-corrected chi connectivity index (χ0v) is 14.2. The molecule has 2 N–H and O–H groups in total. The summed E-state index contributed by atoms with van der Waals surface area (Å²) in [5.74, 6) is 0.325. The number of benzene rings is 2. The summed E-state index contributed by atoms with van der Waals surface area (Å²) in [6, 6.07) is 13.1. The normalized spacial score (nSPS) is 12.6. The van der Waals surface area contributed by atoms with E-state index in [1.165, 1.54) is 24.3 Å². The lowest BCUT2D eigenvalue weighted by atomic mass is 10.3. The van der Waals surface area contributed by atoms with Crippen molar-refractivity contribution >= 4 is 19.6 Å². The molecule has 1 atom stereocenters. The highest BCUT2D eigenvalue weighted by Crippen LogP contribution is 2.44. The van der Waals surface area contributed by atoms with Gasteiger partial charge in [0, 0.05) is 18.7 Å². The molecule has 11 heteroatoms. The summed E-state index contributed by atoms with van der Waals surface area (Å²) in [6.07, 6.45) is -1.47. The van der Waals surface area contributed by atoms with Gasteiger partial charge in [-0.3, -0.25) is 10.1 Å². The van der Waals surface area contributed by atoms with Gasteiger partial charge in [-0.05, 0) is 24.3 Å². The van der Waals surface area contributed by atoms with Gasteiger partial charge >= 0.3 is 13.9 Å². The van der Waals surface area contributed by atoms with E-state index >= 15 is 0 Å². The Morgan fingerprint density at radius 3 is 2.19 bits per heavy atom. The van der Waals surface area contributed by atoms with Crippen molar-refractivity contribution in [2.75, 3.05) is 13.2 Å². The van der Waals surface area contributed by atoms with Crippen molar-refractivity contribution in [2.24, 2.45) is 0 Å². The maximum atomic E-state index is 12.9. The topological polar surface area (TPSA) is 137 Å². The van der Waals surface area contributed by atoms with E-state index in [0.717, 1.165) is 0 Å². The van der Waals surface area contributed by atoms with Crippen LogP contribution in [0.5, 0.6) is 11.5 Å². The third kappa shape index (κ3) is 6.08. The largest absolute Gasteiger partial charge is 0.513 e. The van der Waals surface area contributed by atoms with E-state index in [1.54, 1.807) is 30.3 Å². The molecule has 10 nitrogen and oxygen atoms in total. The molecule has 0 saturated carbocycles. The first-order valence-corrected chi connectivity index (χ1v) is 8.82. The van der Waals surface area contributed by atoms with E-state index < -0.39 is 18.8 Å². The van der Waals surface area contributed by atoms with Crippen molar-refractivity contribution < 1.29 is 33.2 Å². The Bertz CT molecular complexity index is 797. The summed E-state index contributed by atoms with van der Waals surface area (Å²) in [6.45, 7) is -0.412. The Balaban J connectivity index is 2.11. The Kier molecular flexibility index (Phi) is 6.54. The third-order valence-corrected chi connectivity index (χ3v) is 4.39. The van der Waals surface area contributed by atoms with Gasteiger partial charge in [-0.1, -0.05) is 18.2 Å². The summed E-state index contributed by atoms with van der Waals surface area (Å²) < 4.78 is 28.0. The summed E-state index contributed by atoms with van der Waals surface area (Å²) in [4.78, 5) is 20.5. The van der Waals surface area contributed by atoms with Gasteiger partial charge in [0.2, 0.25) is 0 Å². The summed E-state index contributed by atoms with van der Waals surface area (Å²) in [7, 11) is -3.95. The number of nitrogens with zero attached hydrogens (tertiary/aromatic N) is 1. The summed E-state index contributed by atoms with van der Waals surface area (Å²) >= 11 is 0. The van der Waals surface area contributed by atoms with Crippen LogP contribution in [0.1, 0.15) is 0 Å². The van der Waals surface area contributed by atoms with E-state index in [9.17, 15) is 19.5 Å². The van der Waals surface area contributed by atoms with E-state index in [0.29, 0.717) is 0 Å². The minimum Gasteiger partial charge on any atom is -0.450 e. The minimum atomic E-state index is -3.95. The second kappa shape index (κ2) is 8.84. The van der Waals surface area contributed by atoms with Gasteiger partial charge in [-0.25, -0.2) is 9.36 Å². The molecular weight excluding hydrogens is 367 g/mol. The van der Waals surface area contributed by atoms with Crippen molar-refractivity contribution in [3.05, 3.63) is 64.7 Å². The van der Waals surface area contributed by atoms with Crippen LogP contribution in [0.15, 0.2) is 54.6 Å². The van der Waals surface area contributed by atoms with Crippen LogP contribution in [-0.4, -0.2) is 29.3 Å². The van der Waals surface area contributed by atoms with Gasteiger partial charge in [0.1, 0.15) is 18.1 Å². The standard InChI is InChI=1S/C15H15N2O8P/c18-15(19)23-11-10-16-26(22,24-13-4-2-1-3-5-13)25-14-8-6-12(7-9-14)17(20)21/h1-9H,10-11H2,(H,16,22)(H,18,19). The number of rotatable bonds is 9. The summed E-state index contributed by atoms with van der Waals surface area (Å²) in [5, 5.41) is 21.6. The smallest absolute Gasteiger partial charge is 0.450 e. The number of nitrogens with one attached hydrogen (secondary N) is 1. The Labute approximate surface area is 148 Å². The SMILES string of the molecule is O=C(O)OCCNP(=O)(Oc1ccccc1)Oc1ccc([N+](=O)[O-])cc1. The molecule has 2 aromatic rings. The molecule has 0 aliphatic heterocycles. The average molecular weight is 382 g/mol. The van der Waals surface area contributed by atoms with Crippen molar-refractivity contribution in [3.8, 4) is 11.5 Å². The Morgan fingerprint density at radius 1 is 1.08 bits per heavy atom. The van der Waals surface area contributed by atoms with Crippen LogP contribution in [0.25, 0.3) is 0 Å². The lowest BCUT2D eigenvalue weighted by Gasteiger charge is -2.20. The van der Waals surface area contributed by atoms with Crippen molar-refractivity contribution in [1.82, 2.24) is 5.09 Å². The number of nitro benzene ring substituents is 1. The molecule has 2 rings (SSSR count). The predicted octanol–water partition coefficient (Wildman–Crippen LogP) is 3.44. The zero-order valence-electron chi connectivity index (χ0n) is 13.3. The van der Waals surface area contributed by atoms with E-state index in [-0.39, 0.29) is 30.3 Å². The van der Waals surface area contributed by atoms with Crippen molar-refractivity contribution in [3.63, 3.8) is 0 Å². The number of carboxylic acid groups (broad SMARTS) is 1. The van der Waals surface area contributed by atoms with Gasteiger partial charge in [0.25, 0.3) is 5.69 Å². The van der Waals surface area contributed by atoms with Gasteiger partial charge in [-0.15, -0.1) is 0 Å². The molecule has 0 radical (unpaired) electrons. The highest BCUT2D eigenvalue weighted by atomic mass is 31.2. The van der Waals surface area contributed by atoms with Crippen LogP contribution >= 0.6 is 7.75 Å². The van der Waals surface area contributed by atoms with Crippen LogP contribution in [0, 0.1) is 10.1 Å². The average Bonchev–Trinajstić information content (AvgIpc) is 2.60. The number of hydrogen-bond donors (Lipinski definition) is 2. The quantitative estimate of drug-likeness (QED) is 0.219. The Morgan fingerprint density at radius 2 is 1.65 bits per heavy atom. The molecule has 0 aromatic heterocycles. The molecule has 1 unspecified atom stereocenters. The van der Waals surface area contributed by atoms with Crippen LogP contribution < -0.4 is 14.1 Å². The molecule has 0 heterocycles. The van der Waals surface area contributed by atoms with Gasteiger partial charge in [0.05, 0.1) is 4.92 Å². The molecule has 2 aromatic carbocycles. The number of para-hydroxylation sites is 1. The fraction of sp³-hybridized carbons (Fsp3) is 0.133. The second-order valence-electron chi connectivity index (χ2n) is 4.77. The molecule has 0 fully saturated rings. The third-order valence-electron chi connectivity index (χ3n) is 2.87. The lowest BCUT2D eigenvalue weighted by molar-refractivity contribution is -0.384. The molecule has 0 saturated heterocycles. The second-order valence-corrected chi connectivity index (χ2v) is 6.44. The molecule has 0 amide bonds. The minimum absolute atomic E-state index is 0.0708. The summed E-state index contributed by atoms with van der Waals surface area (Å²) in [5.41, 5.74) is -0.154. The van der Waals surface area contributed by atoms with Gasteiger partial charge in [-0.2, -0.15) is 5.09 Å². The number of non-ortho nitro benzene ring substituents is 1. The van der Waals surface area contributed by atoms with Gasteiger partial charge < -0.3 is 18.9 Å². The molecule has 0 aliphatic rings. The number of ether oxygens (including phenoxy) is 1. The van der Waals surface area contributed by atoms with Crippen molar-refractivity contribution in [1.29, 1.82) is 0 Å². The van der Waals surface area contributed by atoms with E-state index in [2.05, 4.69) is 9.82 Å². The Hall–Kier alpha value is -3.10. The van der Waals surface area contributed by atoms with Crippen LogP contribution in [-0.2, 0) is 9.30 Å². The van der Waals surface area contributed by atoms with Crippen LogP contribution in [0.3, 0.4) is 0 Å². The number of carbonyl (C=O) groups is 1. The van der Waals surface area contributed by atoms with E-state index in [4.69, 9.17) is 14.2 Å². The highest BCUT2D eigenvalue weighted by Gasteiger charge is 2.28.